The number of sulfonamides is 1. The van der Waals surface area contributed by atoms with Gasteiger partial charge in [-0.2, -0.15) is 0 Å². The van der Waals surface area contributed by atoms with Crippen LogP contribution < -0.4 is 5.14 Å². The Morgan fingerprint density at radius 2 is 1.90 bits per heavy atom. The Bertz CT molecular complexity index is 1090. The van der Waals surface area contributed by atoms with Gasteiger partial charge in [-0.25, -0.2) is 13.6 Å². The molecule has 0 bridgehead atoms. The van der Waals surface area contributed by atoms with Crippen LogP contribution in [0.15, 0.2) is 50.6 Å². The van der Waals surface area contributed by atoms with E-state index in [0.717, 1.165) is 25.7 Å². The van der Waals surface area contributed by atoms with Crippen molar-refractivity contribution in [3.05, 3.63) is 47.1 Å². The summed E-state index contributed by atoms with van der Waals surface area (Å²) < 4.78 is 29.2. The van der Waals surface area contributed by atoms with Gasteiger partial charge in [0.2, 0.25) is 10.0 Å². The summed E-state index contributed by atoms with van der Waals surface area (Å²) in [5.74, 6) is 1.45. The number of primary sulfonamides is 1. The Morgan fingerprint density at radius 3 is 2.52 bits per heavy atom. The Balaban J connectivity index is 1.73. The van der Waals surface area contributed by atoms with E-state index in [9.17, 15) is 13.2 Å². The number of unbranched alkanes of at least 4 members (excludes halogenated alkanes) is 1. The molecule has 2 N–H and O–H groups in total. The Kier molecular flexibility index (Phi) is 7.74. The fourth-order valence-corrected chi connectivity index (χ4v) is 5.13. The molecule has 1 aromatic carbocycles. The number of hydrogen-bond acceptors (Lipinski definition) is 6. The summed E-state index contributed by atoms with van der Waals surface area (Å²) in [5.41, 5.74) is 0.710. The molecule has 1 fully saturated rings. The van der Waals surface area contributed by atoms with Crippen molar-refractivity contribution in [3.63, 3.8) is 0 Å². The SMILES string of the molecule is CCCCC(CC)CN1C(=O)/C(=C/c2ccc(-c3ccc(S(N)(=O)=O)cc3)o2)SC1=S. The topological polar surface area (TPSA) is 93.6 Å². The van der Waals surface area contributed by atoms with Crippen LogP contribution in [-0.4, -0.2) is 30.1 Å². The largest absolute Gasteiger partial charge is 0.457 e. The molecule has 1 unspecified atom stereocenters. The summed E-state index contributed by atoms with van der Waals surface area (Å²) >= 11 is 6.74. The van der Waals surface area contributed by atoms with Crippen LogP contribution in [0.2, 0.25) is 0 Å². The quantitative estimate of drug-likeness (QED) is 0.402. The molecule has 6 nitrogen and oxygen atoms in total. The average Bonchev–Trinajstić information content (AvgIpc) is 3.30. The van der Waals surface area contributed by atoms with E-state index in [4.69, 9.17) is 21.8 Å². The van der Waals surface area contributed by atoms with Crippen molar-refractivity contribution < 1.29 is 17.6 Å². The van der Waals surface area contributed by atoms with Gasteiger partial charge in [0, 0.05) is 18.2 Å². The van der Waals surface area contributed by atoms with E-state index < -0.39 is 10.0 Å². The highest BCUT2D eigenvalue weighted by Gasteiger charge is 2.33. The maximum Gasteiger partial charge on any atom is 0.266 e. The van der Waals surface area contributed by atoms with Crippen LogP contribution >= 0.6 is 24.0 Å². The molecule has 0 spiro atoms. The second-order valence-corrected chi connectivity index (χ2v) is 10.7. The zero-order valence-corrected chi connectivity index (χ0v) is 20.0. The maximum absolute atomic E-state index is 12.9. The minimum atomic E-state index is -3.74. The van der Waals surface area contributed by atoms with Gasteiger partial charge in [-0.1, -0.05) is 57.1 Å². The third kappa shape index (κ3) is 5.85. The summed E-state index contributed by atoms with van der Waals surface area (Å²) in [6.45, 7) is 4.97. The van der Waals surface area contributed by atoms with Gasteiger partial charge in [0.15, 0.2) is 0 Å². The van der Waals surface area contributed by atoms with Crippen molar-refractivity contribution in [2.45, 2.75) is 44.4 Å². The van der Waals surface area contributed by atoms with Crippen molar-refractivity contribution in [1.82, 2.24) is 4.90 Å². The number of hydrogen-bond donors (Lipinski definition) is 1. The molecule has 2 aromatic rings. The van der Waals surface area contributed by atoms with E-state index in [-0.39, 0.29) is 10.8 Å². The molecule has 1 atom stereocenters. The van der Waals surface area contributed by atoms with Gasteiger partial charge in [0.05, 0.1) is 9.80 Å². The minimum Gasteiger partial charge on any atom is -0.457 e. The van der Waals surface area contributed by atoms with Gasteiger partial charge in [-0.15, -0.1) is 0 Å². The van der Waals surface area contributed by atoms with E-state index in [2.05, 4.69) is 13.8 Å². The van der Waals surface area contributed by atoms with Crippen molar-refractivity contribution in [2.24, 2.45) is 11.1 Å². The first kappa shape index (κ1) is 23.7. The second kappa shape index (κ2) is 10.1. The molecule has 1 amide bonds. The summed E-state index contributed by atoms with van der Waals surface area (Å²) in [6.07, 6.45) is 6.10. The number of carbonyl (C=O) groups excluding carboxylic acids is 1. The van der Waals surface area contributed by atoms with Crippen LogP contribution in [0.25, 0.3) is 17.4 Å². The number of thioether (sulfide) groups is 1. The average molecular weight is 479 g/mol. The molecule has 1 aliphatic heterocycles. The molecule has 166 valence electrons. The van der Waals surface area contributed by atoms with Crippen molar-refractivity contribution in [1.29, 1.82) is 0 Å². The Hall–Kier alpha value is -1.94. The molecular weight excluding hydrogens is 452 g/mol. The highest BCUT2D eigenvalue weighted by molar-refractivity contribution is 8.26. The van der Waals surface area contributed by atoms with E-state index in [1.807, 2.05) is 0 Å². The van der Waals surface area contributed by atoms with Gasteiger partial charge in [0.1, 0.15) is 15.8 Å². The molecule has 2 heterocycles. The van der Waals surface area contributed by atoms with E-state index in [1.165, 1.54) is 23.9 Å². The first-order valence-electron chi connectivity index (χ1n) is 10.2. The van der Waals surface area contributed by atoms with E-state index in [0.29, 0.717) is 38.8 Å². The van der Waals surface area contributed by atoms with Crippen LogP contribution in [0.4, 0.5) is 0 Å². The third-order valence-corrected chi connectivity index (χ3v) is 7.53. The van der Waals surface area contributed by atoms with Crippen molar-refractivity contribution >= 4 is 50.3 Å². The number of thiocarbonyl (C=S) groups is 1. The number of benzene rings is 1. The van der Waals surface area contributed by atoms with E-state index >= 15 is 0 Å². The number of nitrogens with two attached hydrogens (primary N) is 1. The molecule has 0 radical (unpaired) electrons. The molecule has 31 heavy (non-hydrogen) atoms. The number of amides is 1. The van der Waals surface area contributed by atoms with Gasteiger partial charge in [-0.3, -0.25) is 9.69 Å². The van der Waals surface area contributed by atoms with Crippen molar-refractivity contribution in [2.75, 3.05) is 6.54 Å². The second-order valence-electron chi connectivity index (χ2n) is 7.48. The summed E-state index contributed by atoms with van der Waals surface area (Å²) in [7, 11) is -3.74. The lowest BCUT2D eigenvalue weighted by atomic mass is 9.99. The zero-order chi connectivity index (χ0) is 22.6. The summed E-state index contributed by atoms with van der Waals surface area (Å²) in [5, 5.41) is 5.13. The van der Waals surface area contributed by atoms with Crippen LogP contribution in [0.1, 0.15) is 45.3 Å². The first-order chi connectivity index (χ1) is 14.7. The summed E-state index contributed by atoms with van der Waals surface area (Å²) in [6, 6.07) is 9.66. The lowest BCUT2D eigenvalue weighted by Crippen LogP contribution is -2.33. The van der Waals surface area contributed by atoms with Crippen molar-refractivity contribution in [3.8, 4) is 11.3 Å². The standard InChI is InChI=1S/C22H26N2O4S3/c1-3-5-6-15(4-2)14-24-21(25)20(30-22(24)29)13-17-9-12-19(28-17)16-7-10-18(11-8-16)31(23,26)27/h7-13,15H,3-6,14H2,1-2H3,(H2,23,26,27)/b20-13-. The van der Waals surface area contributed by atoms with Crippen LogP contribution in [0, 0.1) is 5.92 Å². The molecule has 1 aromatic heterocycles. The van der Waals surface area contributed by atoms with Crippen LogP contribution in [-0.2, 0) is 14.8 Å². The Morgan fingerprint density at radius 1 is 1.19 bits per heavy atom. The minimum absolute atomic E-state index is 0.0380. The molecule has 1 aliphatic rings. The highest BCUT2D eigenvalue weighted by Crippen LogP contribution is 2.35. The molecule has 1 saturated heterocycles. The normalized spacial score (nSPS) is 17.0. The monoisotopic (exact) mass is 478 g/mol. The van der Waals surface area contributed by atoms with Gasteiger partial charge in [0.25, 0.3) is 5.91 Å². The molecule has 9 heteroatoms. The maximum atomic E-state index is 12.9. The smallest absolute Gasteiger partial charge is 0.266 e. The number of rotatable bonds is 9. The first-order valence-corrected chi connectivity index (χ1v) is 13.0. The van der Waals surface area contributed by atoms with Crippen LogP contribution in [0.5, 0.6) is 0 Å². The molecular formula is C22H26N2O4S3. The number of nitrogens with zero attached hydrogens (tertiary/aromatic N) is 1. The fourth-order valence-electron chi connectivity index (χ4n) is 3.36. The number of furan rings is 1. The predicted molar refractivity (Wildman–Crippen MR) is 129 cm³/mol. The van der Waals surface area contributed by atoms with Gasteiger partial charge in [-0.05, 0) is 48.7 Å². The van der Waals surface area contributed by atoms with Crippen LogP contribution in [0.3, 0.4) is 0 Å². The molecule has 0 saturated carbocycles. The third-order valence-electron chi connectivity index (χ3n) is 5.23. The Labute approximate surface area is 192 Å². The summed E-state index contributed by atoms with van der Waals surface area (Å²) in [4.78, 5) is 15.2. The number of carbonyl (C=O) groups is 1. The molecule has 3 rings (SSSR count). The predicted octanol–water partition coefficient (Wildman–Crippen LogP) is 5.01. The molecule has 0 aliphatic carbocycles. The fraction of sp³-hybridized carbons (Fsp3) is 0.364. The zero-order valence-electron chi connectivity index (χ0n) is 17.5. The van der Waals surface area contributed by atoms with E-state index in [1.54, 1.807) is 35.2 Å². The lowest BCUT2D eigenvalue weighted by molar-refractivity contribution is -0.122. The lowest BCUT2D eigenvalue weighted by Gasteiger charge is -2.21. The van der Waals surface area contributed by atoms with Gasteiger partial charge >= 0.3 is 0 Å². The van der Waals surface area contributed by atoms with Gasteiger partial charge < -0.3 is 4.42 Å². The highest BCUT2D eigenvalue weighted by atomic mass is 32.2.